The lowest BCUT2D eigenvalue weighted by atomic mass is 10.3. The predicted molar refractivity (Wildman–Crippen MR) is 79.0 cm³/mol. The molecule has 7 heteroatoms. The Morgan fingerprint density at radius 1 is 1.30 bits per heavy atom. The first kappa shape index (κ1) is 15.0. The first-order chi connectivity index (χ1) is 9.42. The lowest BCUT2D eigenvalue weighted by Crippen LogP contribution is -2.11. The predicted octanol–water partition coefficient (Wildman–Crippen LogP) is 2.72. The molecule has 0 radical (unpaired) electrons. The molecule has 0 aliphatic carbocycles. The van der Waals surface area contributed by atoms with Crippen molar-refractivity contribution in [3.8, 4) is 0 Å². The van der Waals surface area contributed by atoms with Crippen LogP contribution in [-0.2, 0) is 16.6 Å². The van der Waals surface area contributed by atoms with Crippen LogP contribution in [-0.4, -0.2) is 15.5 Å². The largest absolute Gasteiger partial charge is 0.315 e. The molecule has 2 N–H and O–H groups in total. The number of nitrogens with one attached hydrogen (secondary N) is 2. The fourth-order valence-electron chi connectivity index (χ4n) is 1.71. The van der Waals surface area contributed by atoms with E-state index in [1.54, 1.807) is 13.1 Å². The van der Waals surface area contributed by atoms with Gasteiger partial charge in [0.05, 0.1) is 5.69 Å². The van der Waals surface area contributed by atoms with Gasteiger partial charge < -0.3 is 5.32 Å². The summed E-state index contributed by atoms with van der Waals surface area (Å²) in [6.07, 6.45) is 0. The van der Waals surface area contributed by atoms with Crippen molar-refractivity contribution >= 4 is 27.0 Å². The third kappa shape index (κ3) is 3.36. The van der Waals surface area contributed by atoms with E-state index in [1.165, 1.54) is 29.5 Å². The maximum Gasteiger partial charge on any atom is 0.271 e. The summed E-state index contributed by atoms with van der Waals surface area (Å²) in [6, 6.07) is 7.00. The molecule has 20 heavy (non-hydrogen) atoms. The number of hydrogen-bond donors (Lipinski definition) is 2. The highest BCUT2D eigenvalue weighted by Crippen LogP contribution is 2.27. The number of benzene rings is 1. The highest BCUT2D eigenvalue weighted by atomic mass is 32.2. The summed E-state index contributed by atoms with van der Waals surface area (Å²) in [5.41, 5.74) is 1.13. The van der Waals surface area contributed by atoms with Crippen molar-refractivity contribution in [1.29, 1.82) is 0 Å². The first-order valence-corrected chi connectivity index (χ1v) is 8.24. The van der Waals surface area contributed by atoms with E-state index in [-0.39, 0.29) is 9.90 Å². The van der Waals surface area contributed by atoms with E-state index in [0.29, 0.717) is 6.54 Å². The van der Waals surface area contributed by atoms with Crippen LogP contribution in [0.3, 0.4) is 0 Å². The van der Waals surface area contributed by atoms with Crippen molar-refractivity contribution in [3.63, 3.8) is 0 Å². The normalized spacial score (nSPS) is 11.6. The molecule has 0 aliphatic heterocycles. The summed E-state index contributed by atoms with van der Waals surface area (Å²) in [6.45, 7) is 2.48. The van der Waals surface area contributed by atoms with Crippen molar-refractivity contribution in [3.05, 3.63) is 46.6 Å². The number of anilines is 1. The molecule has 4 nitrogen and oxygen atoms in total. The van der Waals surface area contributed by atoms with Crippen LogP contribution >= 0.6 is 11.3 Å². The molecule has 0 fully saturated rings. The highest BCUT2D eigenvalue weighted by molar-refractivity contribution is 7.94. The Balaban J connectivity index is 2.28. The minimum Gasteiger partial charge on any atom is -0.315 e. The molecule has 1 aromatic carbocycles. The van der Waals surface area contributed by atoms with Crippen molar-refractivity contribution in [2.45, 2.75) is 17.7 Å². The molecular formula is C13H15FN2O2S2. The summed E-state index contributed by atoms with van der Waals surface area (Å²) >= 11 is 1.21. The quantitative estimate of drug-likeness (QED) is 0.892. The molecule has 0 atom stereocenters. The molecule has 0 saturated carbocycles. The van der Waals surface area contributed by atoms with Crippen LogP contribution in [0.2, 0.25) is 0 Å². The van der Waals surface area contributed by atoms with Gasteiger partial charge in [-0.1, -0.05) is 6.07 Å². The highest BCUT2D eigenvalue weighted by Gasteiger charge is 2.19. The van der Waals surface area contributed by atoms with Crippen LogP contribution in [0.25, 0.3) is 0 Å². The van der Waals surface area contributed by atoms with Crippen LogP contribution in [0.15, 0.2) is 34.5 Å². The van der Waals surface area contributed by atoms with Crippen LogP contribution < -0.4 is 10.0 Å². The molecule has 0 unspecified atom stereocenters. The van der Waals surface area contributed by atoms with Crippen LogP contribution in [0.4, 0.5) is 10.1 Å². The van der Waals surface area contributed by atoms with Gasteiger partial charge in [-0.3, -0.25) is 4.72 Å². The van der Waals surface area contributed by atoms with E-state index >= 15 is 0 Å². The van der Waals surface area contributed by atoms with Gasteiger partial charge in [-0.05, 0) is 43.8 Å². The van der Waals surface area contributed by atoms with Gasteiger partial charge in [0, 0.05) is 11.4 Å². The Morgan fingerprint density at radius 3 is 2.70 bits per heavy atom. The monoisotopic (exact) mass is 314 g/mol. The van der Waals surface area contributed by atoms with E-state index in [9.17, 15) is 12.8 Å². The Labute approximate surface area is 121 Å². The summed E-state index contributed by atoms with van der Waals surface area (Å²) in [4.78, 5) is 0.965. The minimum atomic E-state index is -3.68. The Kier molecular flexibility index (Phi) is 4.42. The van der Waals surface area contributed by atoms with E-state index < -0.39 is 15.8 Å². The molecule has 0 spiro atoms. The second-order valence-corrected chi connectivity index (χ2v) is 7.36. The van der Waals surface area contributed by atoms with Crippen molar-refractivity contribution in [1.82, 2.24) is 5.32 Å². The smallest absolute Gasteiger partial charge is 0.271 e. The fraction of sp³-hybridized carbons (Fsp3) is 0.231. The maximum atomic E-state index is 13.1. The summed E-state index contributed by atoms with van der Waals surface area (Å²) in [5.74, 6) is -0.483. The minimum absolute atomic E-state index is 0.214. The van der Waals surface area contributed by atoms with Gasteiger partial charge in [0.1, 0.15) is 10.0 Å². The maximum absolute atomic E-state index is 13.1. The lowest BCUT2D eigenvalue weighted by Gasteiger charge is -2.05. The number of halogens is 1. The van der Waals surface area contributed by atoms with E-state index in [1.807, 2.05) is 6.92 Å². The third-order valence-corrected chi connectivity index (χ3v) is 5.77. The van der Waals surface area contributed by atoms with E-state index in [4.69, 9.17) is 0 Å². The SMILES string of the molecule is CNCc1sc(S(=O)(=O)Nc2cccc(F)c2)cc1C. The lowest BCUT2D eigenvalue weighted by molar-refractivity contribution is 0.603. The third-order valence-electron chi connectivity index (χ3n) is 2.68. The summed E-state index contributed by atoms with van der Waals surface area (Å²) in [5, 5.41) is 2.99. The molecule has 0 bridgehead atoms. The Hall–Kier alpha value is -1.44. The van der Waals surface area contributed by atoms with Gasteiger partial charge in [-0.15, -0.1) is 11.3 Å². The molecule has 0 aliphatic rings. The topological polar surface area (TPSA) is 58.2 Å². The van der Waals surface area contributed by atoms with Gasteiger partial charge in [0.15, 0.2) is 0 Å². The van der Waals surface area contributed by atoms with Crippen molar-refractivity contribution < 1.29 is 12.8 Å². The summed E-state index contributed by atoms with van der Waals surface area (Å²) in [7, 11) is -1.87. The molecule has 108 valence electrons. The number of hydrogen-bond acceptors (Lipinski definition) is 4. The van der Waals surface area contributed by atoms with Gasteiger partial charge >= 0.3 is 0 Å². The zero-order valence-corrected chi connectivity index (χ0v) is 12.7. The Morgan fingerprint density at radius 2 is 2.05 bits per heavy atom. The second kappa shape index (κ2) is 5.90. The molecule has 0 saturated heterocycles. The van der Waals surface area contributed by atoms with Gasteiger partial charge in [-0.25, -0.2) is 12.8 Å². The molecule has 1 aromatic heterocycles. The number of rotatable bonds is 5. The zero-order chi connectivity index (χ0) is 14.8. The molecule has 1 heterocycles. The molecule has 2 aromatic rings. The van der Waals surface area contributed by atoms with Gasteiger partial charge in [0.25, 0.3) is 10.0 Å². The van der Waals surface area contributed by atoms with Crippen molar-refractivity contribution in [2.75, 3.05) is 11.8 Å². The zero-order valence-electron chi connectivity index (χ0n) is 11.1. The van der Waals surface area contributed by atoms with Gasteiger partial charge in [0.2, 0.25) is 0 Å². The van der Waals surface area contributed by atoms with Crippen LogP contribution in [0.1, 0.15) is 10.4 Å². The number of thiophene rings is 1. The van der Waals surface area contributed by atoms with Crippen LogP contribution in [0.5, 0.6) is 0 Å². The average molecular weight is 314 g/mol. The average Bonchev–Trinajstić information content (AvgIpc) is 2.72. The summed E-state index contributed by atoms with van der Waals surface area (Å²) < 4.78 is 40.2. The second-order valence-electron chi connectivity index (χ2n) is 4.32. The number of aryl methyl sites for hydroxylation is 1. The Bertz CT molecular complexity index is 711. The molecular weight excluding hydrogens is 299 g/mol. The van der Waals surface area contributed by atoms with Gasteiger partial charge in [-0.2, -0.15) is 0 Å². The first-order valence-electron chi connectivity index (χ1n) is 5.94. The number of sulfonamides is 1. The van der Waals surface area contributed by atoms with Crippen molar-refractivity contribution in [2.24, 2.45) is 0 Å². The van der Waals surface area contributed by atoms with E-state index in [0.717, 1.165) is 16.5 Å². The van der Waals surface area contributed by atoms with Crippen LogP contribution in [0, 0.1) is 12.7 Å². The molecule has 2 rings (SSSR count). The van der Waals surface area contributed by atoms with E-state index in [2.05, 4.69) is 10.0 Å². The molecule has 0 amide bonds. The fourth-order valence-corrected chi connectivity index (χ4v) is 4.36. The standard InChI is InChI=1S/C13H15FN2O2S2/c1-9-6-13(19-12(9)8-15-2)20(17,18)16-11-5-3-4-10(14)7-11/h3-7,15-16H,8H2,1-2H3.